The van der Waals surface area contributed by atoms with Crippen LogP contribution in [0.5, 0.6) is 0 Å². The summed E-state index contributed by atoms with van der Waals surface area (Å²) < 4.78 is 86.4. The van der Waals surface area contributed by atoms with E-state index in [1.807, 2.05) is 7.05 Å². The van der Waals surface area contributed by atoms with Gasteiger partial charge in [0.15, 0.2) is 11.0 Å². The fourth-order valence-electron chi connectivity index (χ4n) is 4.81. The number of rotatable bonds is 7. The van der Waals surface area contributed by atoms with Gasteiger partial charge in [-0.2, -0.15) is 26.3 Å². The lowest BCUT2D eigenvalue weighted by molar-refractivity contribution is -0.138. The van der Waals surface area contributed by atoms with E-state index in [4.69, 9.17) is 0 Å². The van der Waals surface area contributed by atoms with Gasteiger partial charge in [0.1, 0.15) is 0 Å². The molecule has 1 unspecified atom stereocenters. The second-order valence-electron chi connectivity index (χ2n) is 9.48. The summed E-state index contributed by atoms with van der Waals surface area (Å²) in [4.78, 5) is 22.0. The zero-order valence-electron chi connectivity index (χ0n) is 20.6. The van der Waals surface area contributed by atoms with Gasteiger partial charge >= 0.3 is 18.1 Å². The van der Waals surface area contributed by atoms with E-state index in [0.29, 0.717) is 33.9 Å². The summed E-state index contributed by atoms with van der Waals surface area (Å²) in [6, 6.07) is 7.27. The minimum absolute atomic E-state index is 0.0427. The Labute approximate surface area is 222 Å². The van der Waals surface area contributed by atoms with Crippen molar-refractivity contribution in [2.45, 2.75) is 44.2 Å². The molecule has 1 atom stereocenters. The molecule has 3 heterocycles. The maximum Gasteiger partial charge on any atom is 0.439 e. The number of nitrogens with one attached hydrogen (secondary N) is 1. The van der Waals surface area contributed by atoms with E-state index in [1.165, 1.54) is 18.2 Å². The Hall–Kier alpha value is -3.39. The molecular formula is C25H23F6N5O2S. The maximum atomic E-state index is 14.0. The molecule has 0 aliphatic carbocycles. The standard InChI is InChI=1S/C25H23F6N5O2S/c1-35-9-2-3-16(35)8-10-36(22-32-19-7-5-15(24(26,27)28)12-20(19)39-22)13-14-4-6-17(18(11-14)25(29,30)31)21-33-23(37)38-34-21/h4-7,11-12,16H,2-3,8-10,13H2,1H3,(H,33,34,37). The van der Waals surface area contributed by atoms with Gasteiger partial charge in [-0.05, 0) is 62.7 Å². The van der Waals surface area contributed by atoms with Crippen molar-refractivity contribution in [2.75, 3.05) is 25.0 Å². The number of nitrogens with zero attached hydrogens (tertiary/aromatic N) is 4. The van der Waals surface area contributed by atoms with E-state index in [9.17, 15) is 31.1 Å². The highest BCUT2D eigenvalue weighted by atomic mass is 32.1. The minimum atomic E-state index is -4.75. The second kappa shape index (κ2) is 10.3. The van der Waals surface area contributed by atoms with E-state index < -0.39 is 29.2 Å². The highest BCUT2D eigenvalue weighted by molar-refractivity contribution is 7.22. The predicted molar refractivity (Wildman–Crippen MR) is 134 cm³/mol. The zero-order valence-corrected chi connectivity index (χ0v) is 21.4. The van der Waals surface area contributed by atoms with Gasteiger partial charge in [-0.25, -0.2) is 9.78 Å². The first-order valence-corrected chi connectivity index (χ1v) is 12.9. The van der Waals surface area contributed by atoms with Crippen LogP contribution in [0.1, 0.15) is 36.0 Å². The number of likely N-dealkylation sites (tertiary alicyclic amines) is 1. The van der Waals surface area contributed by atoms with Crippen LogP contribution in [-0.4, -0.2) is 46.2 Å². The third-order valence-electron chi connectivity index (χ3n) is 6.84. The van der Waals surface area contributed by atoms with Crippen LogP contribution in [-0.2, 0) is 18.9 Å². The molecule has 4 aromatic rings. The Kier molecular flexibility index (Phi) is 7.18. The van der Waals surface area contributed by atoms with Crippen molar-refractivity contribution >= 4 is 26.7 Å². The van der Waals surface area contributed by atoms with Crippen LogP contribution in [0.4, 0.5) is 31.5 Å². The van der Waals surface area contributed by atoms with Crippen LogP contribution in [0.3, 0.4) is 0 Å². The van der Waals surface area contributed by atoms with Crippen LogP contribution >= 0.6 is 11.3 Å². The van der Waals surface area contributed by atoms with E-state index in [1.54, 1.807) is 4.90 Å². The number of H-pyrrole nitrogens is 1. The van der Waals surface area contributed by atoms with Gasteiger partial charge in [0, 0.05) is 24.7 Å². The first kappa shape index (κ1) is 27.2. The molecule has 0 bridgehead atoms. The molecule has 5 rings (SSSR count). The largest absolute Gasteiger partial charge is 0.439 e. The molecule has 7 nitrogen and oxygen atoms in total. The van der Waals surface area contributed by atoms with Gasteiger partial charge in [-0.15, -0.1) is 0 Å². The Morgan fingerprint density at radius 1 is 1.13 bits per heavy atom. The summed E-state index contributed by atoms with van der Waals surface area (Å²) >= 11 is 1.07. The number of aromatic amines is 1. The number of alkyl halides is 6. The summed E-state index contributed by atoms with van der Waals surface area (Å²) in [7, 11) is 2.01. The van der Waals surface area contributed by atoms with E-state index in [2.05, 4.69) is 24.5 Å². The molecule has 39 heavy (non-hydrogen) atoms. The van der Waals surface area contributed by atoms with Gasteiger partial charge in [-0.3, -0.25) is 9.51 Å². The molecule has 0 spiro atoms. The molecule has 208 valence electrons. The summed E-state index contributed by atoms with van der Waals surface area (Å²) in [6.07, 6.45) is -6.51. The van der Waals surface area contributed by atoms with E-state index in [-0.39, 0.29) is 24.0 Å². The van der Waals surface area contributed by atoms with Crippen LogP contribution in [0, 0.1) is 0 Å². The van der Waals surface area contributed by atoms with Gasteiger partial charge in [-0.1, -0.05) is 28.6 Å². The second-order valence-corrected chi connectivity index (χ2v) is 10.5. The van der Waals surface area contributed by atoms with Crippen molar-refractivity contribution in [2.24, 2.45) is 0 Å². The molecule has 14 heteroatoms. The first-order chi connectivity index (χ1) is 18.4. The van der Waals surface area contributed by atoms with Crippen LogP contribution < -0.4 is 10.7 Å². The van der Waals surface area contributed by atoms with Crippen molar-refractivity contribution in [1.82, 2.24) is 20.0 Å². The van der Waals surface area contributed by atoms with Crippen LogP contribution in [0.25, 0.3) is 21.6 Å². The summed E-state index contributed by atoms with van der Waals surface area (Å²) in [5.74, 6) is -1.32. The molecular weight excluding hydrogens is 548 g/mol. The number of anilines is 1. The highest BCUT2D eigenvalue weighted by Crippen LogP contribution is 2.38. The Morgan fingerprint density at radius 3 is 2.56 bits per heavy atom. The Balaban J connectivity index is 1.49. The maximum absolute atomic E-state index is 14.0. The Morgan fingerprint density at radius 2 is 1.92 bits per heavy atom. The monoisotopic (exact) mass is 571 g/mol. The van der Waals surface area contributed by atoms with Crippen LogP contribution in [0.2, 0.25) is 0 Å². The van der Waals surface area contributed by atoms with Gasteiger partial charge in [0.05, 0.1) is 21.3 Å². The number of thiazole rings is 1. The van der Waals surface area contributed by atoms with Gasteiger partial charge in [0.25, 0.3) is 0 Å². The smallest absolute Gasteiger partial charge is 0.344 e. The first-order valence-electron chi connectivity index (χ1n) is 12.1. The lowest BCUT2D eigenvalue weighted by Crippen LogP contribution is -2.31. The van der Waals surface area contributed by atoms with Crippen molar-refractivity contribution in [3.63, 3.8) is 0 Å². The molecule has 1 saturated heterocycles. The highest BCUT2D eigenvalue weighted by Gasteiger charge is 2.35. The quantitative estimate of drug-likeness (QED) is 0.268. The number of fused-ring (bicyclic) bond motifs is 1. The van der Waals surface area contributed by atoms with Crippen molar-refractivity contribution < 1.29 is 30.9 Å². The summed E-state index contributed by atoms with van der Waals surface area (Å²) in [5, 5.41) is 3.80. The fourth-order valence-corrected chi connectivity index (χ4v) is 5.84. The molecule has 2 aromatic carbocycles. The summed E-state index contributed by atoms with van der Waals surface area (Å²) in [5.41, 5.74) is -1.44. The molecule has 1 aliphatic heterocycles. The average molecular weight is 572 g/mol. The SMILES string of the molecule is CN1CCCC1CCN(Cc1ccc(-c2noc(=O)[nH]2)c(C(F)(F)F)c1)c1nc2ccc(C(F)(F)F)cc2s1. The number of aromatic nitrogens is 3. The average Bonchev–Trinajstić information content (AvgIpc) is 3.59. The van der Waals surface area contributed by atoms with E-state index in [0.717, 1.165) is 48.9 Å². The molecule has 1 N–H and O–H groups in total. The van der Waals surface area contributed by atoms with Crippen LogP contribution in [0.15, 0.2) is 45.7 Å². The number of hydrogen-bond donors (Lipinski definition) is 1. The minimum Gasteiger partial charge on any atom is -0.344 e. The number of hydrogen-bond acceptors (Lipinski definition) is 7. The van der Waals surface area contributed by atoms with Gasteiger partial charge in [0.2, 0.25) is 0 Å². The number of halogens is 6. The lowest BCUT2D eigenvalue weighted by Gasteiger charge is -2.26. The predicted octanol–water partition coefficient (Wildman–Crippen LogP) is 6.17. The van der Waals surface area contributed by atoms with Gasteiger partial charge < -0.3 is 9.80 Å². The topological polar surface area (TPSA) is 78.3 Å². The fraction of sp³-hybridized carbons (Fsp3) is 0.400. The Bertz CT molecular complexity index is 1530. The summed E-state index contributed by atoms with van der Waals surface area (Å²) in [6.45, 7) is 1.44. The van der Waals surface area contributed by atoms with Crippen molar-refractivity contribution in [1.29, 1.82) is 0 Å². The third kappa shape index (κ3) is 5.96. The lowest BCUT2D eigenvalue weighted by atomic mass is 10.0. The molecule has 2 aromatic heterocycles. The van der Waals surface area contributed by atoms with Crippen molar-refractivity contribution in [3.8, 4) is 11.4 Å². The number of benzene rings is 2. The molecule has 0 radical (unpaired) electrons. The van der Waals surface area contributed by atoms with E-state index >= 15 is 0 Å². The van der Waals surface area contributed by atoms with Crippen molar-refractivity contribution in [3.05, 3.63) is 63.6 Å². The third-order valence-corrected chi connectivity index (χ3v) is 7.92. The molecule has 0 saturated carbocycles. The molecule has 0 amide bonds. The normalized spacial score (nSPS) is 16.8. The zero-order chi connectivity index (χ0) is 27.9. The molecule has 1 aliphatic rings. The molecule has 1 fully saturated rings.